The molecule has 0 unspecified atom stereocenters. The molecule has 0 radical (unpaired) electrons. The molecule has 0 heterocycles. The highest BCUT2D eigenvalue weighted by atomic mass is 16.4. The molecule has 0 aliphatic heterocycles. The molecule has 0 saturated carbocycles. The minimum Gasteiger partial charge on any atom is -0.479 e. The summed E-state index contributed by atoms with van der Waals surface area (Å²) in [4.78, 5) is 10.3. The fourth-order valence-corrected chi connectivity index (χ4v) is 0.872. The van der Waals surface area contributed by atoms with E-state index in [-0.39, 0.29) is 0 Å². The van der Waals surface area contributed by atoms with Crippen LogP contribution in [0.5, 0.6) is 0 Å². The number of rotatable bonds is 2. The van der Waals surface area contributed by atoms with E-state index in [1.807, 2.05) is 0 Å². The first kappa shape index (κ1) is 8.55. The van der Waals surface area contributed by atoms with Crippen molar-refractivity contribution in [3.05, 3.63) is 29.8 Å². The Morgan fingerprint density at radius 3 is 2.67 bits per heavy atom. The third-order valence-electron chi connectivity index (χ3n) is 1.46. The number of aliphatic hydroxyl groups is 1. The van der Waals surface area contributed by atoms with Crippen LogP contribution in [-0.2, 0) is 4.79 Å². The minimum absolute atomic E-state index is 0.294. The van der Waals surface area contributed by atoms with E-state index in [0.29, 0.717) is 11.3 Å². The van der Waals surface area contributed by atoms with Crippen LogP contribution in [0.2, 0.25) is 0 Å². The molecule has 0 bridgehead atoms. The first-order valence-corrected chi connectivity index (χ1v) is 3.37. The molecular weight excluding hydrogens is 158 g/mol. The van der Waals surface area contributed by atoms with Crippen molar-refractivity contribution in [1.29, 1.82) is 0 Å². The number of anilines is 1. The van der Waals surface area contributed by atoms with Crippen LogP contribution in [0, 0.1) is 0 Å². The van der Waals surface area contributed by atoms with Crippen LogP contribution in [0.4, 0.5) is 5.69 Å². The van der Waals surface area contributed by atoms with E-state index in [9.17, 15) is 4.79 Å². The summed E-state index contributed by atoms with van der Waals surface area (Å²) >= 11 is 0. The summed E-state index contributed by atoms with van der Waals surface area (Å²) in [5.74, 6) is -1.28. The Balaban J connectivity index is 2.95. The fraction of sp³-hybridized carbons (Fsp3) is 0.125. The SMILES string of the molecule is Nc1cccc([C@@H](O)C(=O)O)c1. The van der Waals surface area contributed by atoms with Gasteiger partial charge in [-0.05, 0) is 17.7 Å². The molecule has 1 rings (SSSR count). The number of carboxylic acids is 1. The van der Waals surface area contributed by atoms with Crippen LogP contribution in [0.1, 0.15) is 11.7 Å². The summed E-state index contributed by atoms with van der Waals surface area (Å²) in [6, 6.07) is 6.16. The van der Waals surface area contributed by atoms with Gasteiger partial charge in [-0.1, -0.05) is 12.1 Å². The Hall–Kier alpha value is -1.55. The number of nitrogen functional groups attached to an aromatic ring is 1. The largest absolute Gasteiger partial charge is 0.479 e. The Morgan fingerprint density at radius 1 is 1.50 bits per heavy atom. The smallest absolute Gasteiger partial charge is 0.337 e. The first-order chi connectivity index (χ1) is 5.61. The van der Waals surface area contributed by atoms with Gasteiger partial charge < -0.3 is 15.9 Å². The van der Waals surface area contributed by atoms with Gasteiger partial charge in [0.2, 0.25) is 0 Å². The van der Waals surface area contributed by atoms with Gasteiger partial charge in [0.05, 0.1) is 0 Å². The zero-order chi connectivity index (χ0) is 9.14. The molecule has 12 heavy (non-hydrogen) atoms. The molecule has 0 aliphatic carbocycles. The molecule has 64 valence electrons. The van der Waals surface area contributed by atoms with Crippen LogP contribution in [0.25, 0.3) is 0 Å². The second-order valence-electron chi connectivity index (χ2n) is 2.41. The molecule has 0 spiro atoms. The number of benzene rings is 1. The molecule has 4 N–H and O–H groups in total. The maximum Gasteiger partial charge on any atom is 0.337 e. The molecule has 1 aromatic carbocycles. The van der Waals surface area contributed by atoms with Crippen LogP contribution in [0.3, 0.4) is 0 Å². The van der Waals surface area contributed by atoms with Crippen LogP contribution in [-0.4, -0.2) is 16.2 Å². The molecule has 1 aromatic rings. The number of carboxylic acid groups (broad SMARTS) is 1. The number of carbonyl (C=O) groups is 1. The monoisotopic (exact) mass is 167 g/mol. The van der Waals surface area contributed by atoms with E-state index in [1.54, 1.807) is 12.1 Å². The summed E-state index contributed by atoms with van der Waals surface area (Å²) < 4.78 is 0. The topological polar surface area (TPSA) is 83.5 Å². The lowest BCUT2D eigenvalue weighted by Crippen LogP contribution is -2.10. The number of nitrogens with two attached hydrogens (primary N) is 1. The lowest BCUT2D eigenvalue weighted by atomic mass is 10.1. The van der Waals surface area contributed by atoms with E-state index >= 15 is 0 Å². The van der Waals surface area contributed by atoms with Crippen LogP contribution in [0.15, 0.2) is 24.3 Å². The highest BCUT2D eigenvalue weighted by molar-refractivity contribution is 5.74. The maximum atomic E-state index is 10.3. The van der Waals surface area contributed by atoms with E-state index < -0.39 is 12.1 Å². The molecule has 4 nitrogen and oxygen atoms in total. The molecule has 0 fully saturated rings. The molecule has 1 atom stereocenters. The Bertz CT molecular complexity index is 298. The van der Waals surface area contributed by atoms with Gasteiger partial charge in [0.15, 0.2) is 6.10 Å². The first-order valence-electron chi connectivity index (χ1n) is 3.37. The normalized spacial score (nSPS) is 12.4. The minimum atomic E-state index is -1.49. The van der Waals surface area contributed by atoms with Crippen molar-refractivity contribution in [1.82, 2.24) is 0 Å². The van der Waals surface area contributed by atoms with Gasteiger partial charge in [-0.25, -0.2) is 4.79 Å². The van der Waals surface area contributed by atoms with Gasteiger partial charge in [0.25, 0.3) is 0 Å². The van der Waals surface area contributed by atoms with Crippen molar-refractivity contribution < 1.29 is 15.0 Å². The average Bonchev–Trinajstić information content (AvgIpc) is 2.03. The predicted octanol–water partition coefficient (Wildman–Crippen LogP) is 0.387. The van der Waals surface area contributed by atoms with Crippen molar-refractivity contribution in [2.45, 2.75) is 6.10 Å². The Labute approximate surface area is 69.3 Å². The third-order valence-corrected chi connectivity index (χ3v) is 1.46. The molecule has 4 heteroatoms. The molecule has 0 aliphatic rings. The fourth-order valence-electron chi connectivity index (χ4n) is 0.872. The number of hydrogen-bond donors (Lipinski definition) is 3. The van der Waals surface area contributed by atoms with Gasteiger partial charge in [-0.3, -0.25) is 0 Å². The molecular formula is C8H9NO3. The third kappa shape index (κ3) is 1.73. The molecule has 0 amide bonds. The van der Waals surface area contributed by atoms with Crippen molar-refractivity contribution in [2.75, 3.05) is 5.73 Å². The Kier molecular flexibility index (Phi) is 2.30. The predicted molar refractivity (Wildman–Crippen MR) is 43.5 cm³/mol. The molecule has 0 saturated heterocycles. The van der Waals surface area contributed by atoms with Crippen LogP contribution < -0.4 is 5.73 Å². The van der Waals surface area contributed by atoms with E-state index in [2.05, 4.69) is 0 Å². The lowest BCUT2D eigenvalue weighted by Gasteiger charge is -2.05. The van der Waals surface area contributed by atoms with Gasteiger partial charge in [-0.15, -0.1) is 0 Å². The molecule has 0 aromatic heterocycles. The van der Waals surface area contributed by atoms with Gasteiger partial charge in [0.1, 0.15) is 0 Å². The highest BCUT2D eigenvalue weighted by Crippen LogP contribution is 2.15. The van der Waals surface area contributed by atoms with Gasteiger partial charge >= 0.3 is 5.97 Å². The van der Waals surface area contributed by atoms with E-state index in [1.165, 1.54) is 12.1 Å². The highest BCUT2D eigenvalue weighted by Gasteiger charge is 2.14. The van der Waals surface area contributed by atoms with E-state index in [4.69, 9.17) is 15.9 Å². The van der Waals surface area contributed by atoms with Crippen LogP contribution >= 0.6 is 0 Å². The maximum absolute atomic E-state index is 10.3. The van der Waals surface area contributed by atoms with E-state index in [0.717, 1.165) is 0 Å². The quantitative estimate of drug-likeness (QED) is 0.556. The standard InChI is InChI=1S/C8H9NO3/c9-6-3-1-2-5(4-6)7(10)8(11)12/h1-4,7,10H,9H2,(H,11,12)/t7-/m1/s1. The van der Waals surface area contributed by atoms with Crippen molar-refractivity contribution in [2.24, 2.45) is 0 Å². The second kappa shape index (κ2) is 3.23. The summed E-state index contributed by atoms with van der Waals surface area (Å²) in [7, 11) is 0. The number of aliphatic carboxylic acids is 1. The number of aliphatic hydroxyl groups excluding tert-OH is 1. The van der Waals surface area contributed by atoms with Crippen molar-refractivity contribution >= 4 is 11.7 Å². The van der Waals surface area contributed by atoms with Gasteiger partial charge in [0, 0.05) is 5.69 Å². The summed E-state index contributed by atoms with van der Waals surface area (Å²) in [5.41, 5.74) is 6.12. The zero-order valence-electron chi connectivity index (χ0n) is 6.27. The van der Waals surface area contributed by atoms with Crippen molar-refractivity contribution in [3.63, 3.8) is 0 Å². The Morgan fingerprint density at radius 2 is 2.17 bits per heavy atom. The summed E-state index contributed by atoms with van der Waals surface area (Å²) in [6.45, 7) is 0. The van der Waals surface area contributed by atoms with Gasteiger partial charge in [-0.2, -0.15) is 0 Å². The summed E-state index contributed by atoms with van der Waals surface area (Å²) in [6.07, 6.45) is -1.49. The second-order valence-corrected chi connectivity index (χ2v) is 2.41. The summed E-state index contributed by atoms with van der Waals surface area (Å²) in [5, 5.41) is 17.5. The van der Waals surface area contributed by atoms with Crippen molar-refractivity contribution in [3.8, 4) is 0 Å². The average molecular weight is 167 g/mol. The zero-order valence-corrected chi connectivity index (χ0v) is 6.27. The lowest BCUT2D eigenvalue weighted by molar-refractivity contribution is -0.146. The number of hydrogen-bond acceptors (Lipinski definition) is 3.